The van der Waals surface area contributed by atoms with E-state index in [0.717, 1.165) is 21.1 Å². The van der Waals surface area contributed by atoms with Gasteiger partial charge in [-0.25, -0.2) is 9.37 Å². The SMILES string of the molecule is Cc1cc(-c2nc(C)c(C(N)CO)s2)ccc1F. The number of aromatic nitrogens is 1. The number of halogens is 1. The highest BCUT2D eigenvalue weighted by Crippen LogP contribution is 2.31. The van der Waals surface area contributed by atoms with Crippen LogP contribution in [0.5, 0.6) is 0 Å². The molecule has 3 nitrogen and oxygen atoms in total. The minimum atomic E-state index is -0.405. The molecule has 0 fully saturated rings. The molecule has 0 bridgehead atoms. The zero-order valence-electron chi connectivity index (χ0n) is 10.3. The van der Waals surface area contributed by atoms with E-state index in [1.165, 1.54) is 17.4 Å². The predicted molar refractivity (Wildman–Crippen MR) is 71.0 cm³/mol. The summed E-state index contributed by atoms with van der Waals surface area (Å²) >= 11 is 1.44. The first-order chi connectivity index (χ1) is 8.52. The van der Waals surface area contributed by atoms with Crippen LogP contribution in [0, 0.1) is 19.7 Å². The molecule has 5 heteroatoms. The lowest BCUT2D eigenvalue weighted by molar-refractivity contribution is 0.269. The van der Waals surface area contributed by atoms with Crippen LogP contribution in [-0.4, -0.2) is 16.7 Å². The van der Waals surface area contributed by atoms with E-state index in [1.807, 2.05) is 6.92 Å². The summed E-state index contributed by atoms with van der Waals surface area (Å²) in [6, 6.07) is 4.50. The molecule has 0 aliphatic rings. The van der Waals surface area contributed by atoms with Gasteiger partial charge in [0.15, 0.2) is 0 Å². The van der Waals surface area contributed by atoms with Crippen molar-refractivity contribution in [3.05, 3.63) is 40.2 Å². The third-order valence-electron chi connectivity index (χ3n) is 2.77. The Hall–Kier alpha value is -1.30. The summed E-state index contributed by atoms with van der Waals surface area (Å²) in [6.45, 7) is 3.48. The van der Waals surface area contributed by atoms with Crippen LogP contribution < -0.4 is 5.73 Å². The first kappa shape index (κ1) is 13.1. The molecule has 3 N–H and O–H groups in total. The Balaban J connectivity index is 2.42. The van der Waals surface area contributed by atoms with E-state index in [2.05, 4.69) is 4.98 Å². The first-order valence-corrected chi connectivity index (χ1v) is 6.45. The average molecular weight is 266 g/mol. The van der Waals surface area contributed by atoms with Crippen molar-refractivity contribution < 1.29 is 9.50 Å². The highest BCUT2D eigenvalue weighted by molar-refractivity contribution is 7.15. The number of hydrogen-bond acceptors (Lipinski definition) is 4. The molecule has 18 heavy (non-hydrogen) atoms. The molecule has 0 aliphatic heterocycles. The minimum Gasteiger partial charge on any atom is -0.394 e. The molecular weight excluding hydrogens is 251 g/mol. The highest BCUT2D eigenvalue weighted by Gasteiger charge is 2.15. The molecule has 0 spiro atoms. The third kappa shape index (κ3) is 2.43. The molecule has 0 saturated heterocycles. The molecule has 0 aliphatic carbocycles. The van der Waals surface area contributed by atoms with Gasteiger partial charge in [0.05, 0.1) is 18.3 Å². The standard InChI is InChI=1S/C13H15FN2OS/c1-7-5-9(3-4-10(7)14)13-16-8(2)12(18-13)11(15)6-17/h3-5,11,17H,6,15H2,1-2H3. The van der Waals surface area contributed by atoms with Gasteiger partial charge in [0.1, 0.15) is 10.8 Å². The van der Waals surface area contributed by atoms with Gasteiger partial charge in [-0.15, -0.1) is 11.3 Å². The molecule has 0 saturated carbocycles. The first-order valence-electron chi connectivity index (χ1n) is 5.63. The third-order valence-corrected chi connectivity index (χ3v) is 4.11. The summed E-state index contributed by atoms with van der Waals surface area (Å²) in [5.41, 5.74) is 8.08. The van der Waals surface area contributed by atoms with Gasteiger partial charge in [0.25, 0.3) is 0 Å². The van der Waals surface area contributed by atoms with Crippen molar-refractivity contribution >= 4 is 11.3 Å². The van der Waals surface area contributed by atoms with Gasteiger partial charge in [0.2, 0.25) is 0 Å². The lowest BCUT2D eigenvalue weighted by atomic mass is 10.1. The largest absolute Gasteiger partial charge is 0.394 e. The molecule has 2 aromatic rings. The minimum absolute atomic E-state index is 0.106. The van der Waals surface area contributed by atoms with Gasteiger partial charge in [-0.3, -0.25) is 0 Å². The number of hydrogen-bond donors (Lipinski definition) is 2. The Morgan fingerprint density at radius 2 is 2.17 bits per heavy atom. The zero-order chi connectivity index (χ0) is 13.3. The Morgan fingerprint density at radius 3 is 2.78 bits per heavy atom. The van der Waals surface area contributed by atoms with Crippen molar-refractivity contribution in [2.45, 2.75) is 19.9 Å². The Bertz CT molecular complexity index is 568. The van der Waals surface area contributed by atoms with Crippen LogP contribution in [0.2, 0.25) is 0 Å². The smallest absolute Gasteiger partial charge is 0.126 e. The summed E-state index contributed by atoms with van der Waals surface area (Å²) in [4.78, 5) is 5.30. The van der Waals surface area contributed by atoms with Crippen molar-refractivity contribution in [1.82, 2.24) is 4.98 Å². The second kappa shape index (κ2) is 5.14. The van der Waals surface area contributed by atoms with Crippen molar-refractivity contribution in [3.63, 3.8) is 0 Å². The normalized spacial score (nSPS) is 12.7. The van der Waals surface area contributed by atoms with Crippen molar-refractivity contribution in [3.8, 4) is 10.6 Å². The molecule has 0 radical (unpaired) electrons. The topological polar surface area (TPSA) is 59.1 Å². The summed E-state index contributed by atoms with van der Waals surface area (Å²) in [7, 11) is 0. The summed E-state index contributed by atoms with van der Waals surface area (Å²) in [6.07, 6.45) is 0. The van der Waals surface area contributed by atoms with E-state index in [0.29, 0.717) is 5.56 Å². The molecule has 1 atom stereocenters. The lowest BCUT2D eigenvalue weighted by Gasteiger charge is -2.04. The van der Waals surface area contributed by atoms with Crippen molar-refractivity contribution in [2.24, 2.45) is 5.73 Å². The second-order valence-electron chi connectivity index (χ2n) is 4.22. The van der Waals surface area contributed by atoms with E-state index in [9.17, 15) is 4.39 Å². The van der Waals surface area contributed by atoms with Crippen molar-refractivity contribution in [2.75, 3.05) is 6.61 Å². The van der Waals surface area contributed by atoms with Gasteiger partial charge in [-0.2, -0.15) is 0 Å². The number of thiazole rings is 1. The highest BCUT2D eigenvalue weighted by atomic mass is 32.1. The maximum atomic E-state index is 13.2. The maximum absolute atomic E-state index is 13.2. The van der Waals surface area contributed by atoms with Gasteiger partial charge >= 0.3 is 0 Å². The average Bonchev–Trinajstić information content (AvgIpc) is 2.74. The number of nitrogens with two attached hydrogens (primary N) is 1. The molecular formula is C13H15FN2OS. The Morgan fingerprint density at radius 1 is 1.44 bits per heavy atom. The summed E-state index contributed by atoms with van der Waals surface area (Å²) in [5.74, 6) is -0.223. The second-order valence-corrected chi connectivity index (χ2v) is 5.25. The van der Waals surface area contributed by atoms with Crippen LogP contribution >= 0.6 is 11.3 Å². The van der Waals surface area contributed by atoms with Gasteiger partial charge in [-0.1, -0.05) is 0 Å². The van der Waals surface area contributed by atoms with Crippen molar-refractivity contribution in [1.29, 1.82) is 0 Å². The summed E-state index contributed by atoms with van der Waals surface area (Å²) in [5, 5.41) is 9.88. The fourth-order valence-corrected chi connectivity index (χ4v) is 2.79. The van der Waals surface area contributed by atoms with Crippen LogP contribution in [0.25, 0.3) is 10.6 Å². The monoisotopic (exact) mass is 266 g/mol. The molecule has 1 aromatic carbocycles. The predicted octanol–water partition coefficient (Wildman–Crippen LogP) is 2.56. The van der Waals surface area contributed by atoms with Crippen LogP contribution in [0.3, 0.4) is 0 Å². The molecule has 96 valence electrons. The van der Waals surface area contributed by atoms with Crippen LogP contribution in [0.4, 0.5) is 4.39 Å². The zero-order valence-corrected chi connectivity index (χ0v) is 11.1. The quantitative estimate of drug-likeness (QED) is 0.897. The Labute approximate surface area is 109 Å². The van der Waals surface area contributed by atoms with Crippen LogP contribution in [0.15, 0.2) is 18.2 Å². The van der Waals surface area contributed by atoms with Crippen LogP contribution in [0.1, 0.15) is 22.2 Å². The fourth-order valence-electron chi connectivity index (χ4n) is 1.74. The fraction of sp³-hybridized carbons (Fsp3) is 0.308. The maximum Gasteiger partial charge on any atom is 0.126 e. The number of nitrogens with zero attached hydrogens (tertiary/aromatic N) is 1. The van der Waals surface area contributed by atoms with Gasteiger partial charge < -0.3 is 10.8 Å². The van der Waals surface area contributed by atoms with E-state index in [-0.39, 0.29) is 12.4 Å². The molecule has 0 amide bonds. The number of aryl methyl sites for hydroxylation is 2. The van der Waals surface area contributed by atoms with Gasteiger partial charge in [0, 0.05) is 10.4 Å². The summed E-state index contributed by atoms with van der Waals surface area (Å²) < 4.78 is 13.2. The number of rotatable bonds is 3. The number of benzene rings is 1. The molecule has 1 aromatic heterocycles. The lowest BCUT2D eigenvalue weighted by Crippen LogP contribution is -2.13. The molecule has 2 rings (SSSR count). The van der Waals surface area contributed by atoms with Crippen LogP contribution in [-0.2, 0) is 0 Å². The van der Waals surface area contributed by atoms with E-state index >= 15 is 0 Å². The number of aliphatic hydroxyl groups excluding tert-OH is 1. The van der Waals surface area contributed by atoms with E-state index < -0.39 is 6.04 Å². The molecule has 1 heterocycles. The Kier molecular flexibility index (Phi) is 3.75. The van der Waals surface area contributed by atoms with Gasteiger partial charge in [-0.05, 0) is 37.6 Å². The number of aliphatic hydroxyl groups is 1. The van der Waals surface area contributed by atoms with E-state index in [4.69, 9.17) is 10.8 Å². The van der Waals surface area contributed by atoms with E-state index in [1.54, 1.807) is 19.1 Å². The molecule has 1 unspecified atom stereocenters.